The van der Waals surface area contributed by atoms with Gasteiger partial charge in [0, 0.05) is 4.83 Å². The molecule has 1 heteroatoms. The molecule has 2 aromatic carbocycles. The van der Waals surface area contributed by atoms with Gasteiger partial charge in [-0.2, -0.15) is 0 Å². The molecular formula is C18H21Br. The van der Waals surface area contributed by atoms with Crippen LogP contribution in [-0.4, -0.2) is 0 Å². The average molecular weight is 317 g/mol. The Morgan fingerprint density at radius 3 is 1.89 bits per heavy atom. The van der Waals surface area contributed by atoms with Gasteiger partial charge in [-0.15, -0.1) is 0 Å². The molecule has 0 radical (unpaired) electrons. The van der Waals surface area contributed by atoms with Crippen molar-refractivity contribution >= 4 is 15.9 Å². The molecule has 0 aliphatic heterocycles. The van der Waals surface area contributed by atoms with Crippen molar-refractivity contribution in [2.75, 3.05) is 0 Å². The van der Waals surface area contributed by atoms with E-state index in [4.69, 9.17) is 0 Å². The number of hydrogen-bond donors (Lipinski definition) is 0. The summed E-state index contributed by atoms with van der Waals surface area (Å²) >= 11 is 3.80. The van der Waals surface area contributed by atoms with Gasteiger partial charge in [-0.1, -0.05) is 91.3 Å². The largest absolute Gasteiger partial charge is 0.0839 e. The third kappa shape index (κ3) is 4.21. The predicted octanol–water partition coefficient (Wildman–Crippen LogP) is 6.23. The third-order valence-electron chi connectivity index (χ3n) is 3.17. The molecule has 0 fully saturated rings. The van der Waals surface area contributed by atoms with Crippen molar-refractivity contribution in [3.8, 4) is 11.1 Å². The van der Waals surface area contributed by atoms with Crippen LogP contribution in [0.5, 0.6) is 0 Å². The molecule has 0 bridgehead atoms. The van der Waals surface area contributed by atoms with Crippen LogP contribution in [0.15, 0.2) is 54.6 Å². The van der Waals surface area contributed by atoms with Crippen LogP contribution in [0.3, 0.4) is 0 Å². The molecule has 1 atom stereocenters. The highest BCUT2D eigenvalue weighted by Gasteiger charge is 2.17. The van der Waals surface area contributed by atoms with Crippen LogP contribution < -0.4 is 0 Å². The van der Waals surface area contributed by atoms with Gasteiger partial charge in [0.25, 0.3) is 0 Å². The predicted molar refractivity (Wildman–Crippen MR) is 87.6 cm³/mol. The van der Waals surface area contributed by atoms with E-state index in [1.165, 1.54) is 16.7 Å². The molecule has 0 N–H and O–H groups in total. The van der Waals surface area contributed by atoms with Crippen LogP contribution in [-0.2, 0) is 0 Å². The summed E-state index contributed by atoms with van der Waals surface area (Å²) < 4.78 is 0. The quantitative estimate of drug-likeness (QED) is 0.589. The van der Waals surface area contributed by atoms with Crippen molar-refractivity contribution in [2.45, 2.75) is 32.0 Å². The molecule has 0 aliphatic rings. The number of hydrogen-bond acceptors (Lipinski definition) is 0. The molecular weight excluding hydrogens is 296 g/mol. The molecule has 2 rings (SSSR count). The first-order valence-corrected chi connectivity index (χ1v) is 7.67. The Bertz CT molecular complexity index is 506. The van der Waals surface area contributed by atoms with Gasteiger partial charge in [-0.25, -0.2) is 0 Å². The Balaban J connectivity index is 2.15. The second-order valence-corrected chi connectivity index (χ2v) is 7.33. The van der Waals surface area contributed by atoms with Crippen molar-refractivity contribution in [3.63, 3.8) is 0 Å². The number of halogens is 1. The maximum atomic E-state index is 3.80. The minimum absolute atomic E-state index is 0.340. The SMILES string of the molecule is CC(C)(C)CC(Br)c1ccc(-c2ccccc2)cc1. The van der Waals surface area contributed by atoms with Crippen LogP contribution in [0.2, 0.25) is 0 Å². The zero-order chi connectivity index (χ0) is 13.9. The molecule has 0 spiro atoms. The maximum Gasteiger partial charge on any atom is 0.0400 e. The van der Waals surface area contributed by atoms with E-state index in [0.717, 1.165) is 6.42 Å². The highest BCUT2D eigenvalue weighted by atomic mass is 79.9. The molecule has 0 saturated heterocycles. The Morgan fingerprint density at radius 1 is 0.842 bits per heavy atom. The van der Waals surface area contributed by atoms with E-state index in [1.54, 1.807) is 0 Å². The summed E-state index contributed by atoms with van der Waals surface area (Å²) in [5.41, 5.74) is 4.25. The zero-order valence-corrected chi connectivity index (χ0v) is 13.4. The lowest BCUT2D eigenvalue weighted by Gasteiger charge is -2.22. The van der Waals surface area contributed by atoms with Crippen LogP contribution >= 0.6 is 15.9 Å². The van der Waals surface area contributed by atoms with E-state index in [-0.39, 0.29) is 0 Å². The maximum absolute atomic E-state index is 3.80. The summed E-state index contributed by atoms with van der Waals surface area (Å²) in [4.78, 5) is 0.428. The summed E-state index contributed by atoms with van der Waals surface area (Å²) in [6.45, 7) is 6.83. The van der Waals surface area contributed by atoms with Crippen molar-refractivity contribution in [3.05, 3.63) is 60.2 Å². The molecule has 100 valence electrons. The standard InChI is InChI=1S/C18H21Br/c1-18(2,3)13-17(19)16-11-9-15(10-12-16)14-7-5-4-6-8-14/h4-12,17H,13H2,1-3H3. The lowest BCUT2D eigenvalue weighted by atomic mass is 9.88. The van der Waals surface area contributed by atoms with Crippen LogP contribution in [0.25, 0.3) is 11.1 Å². The van der Waals surface area contributed by atoms with Crippen LogP contribution in [0, 0.1) is 5.41 Å². The van der Waals surface area contributed by atoms with Gasteiger partial charge >= 0.3 is 0 Å². The number of alkyl halides is 1. The first kappa shape index (κ1) is 14.3. The van der Waals surface area contributed by atoms with Gasteiger partial charge < -0.3 is 0 Å². The summed E-state index contributed by atoms with van der Waals surface area (Å²) in [6, 6.07) is 19.4. The van der Waals surface area contributed by atoms with Crippen molar-refractivity contribution in [1.29, 1.82) is 0 Å². The second-order valence-electron chi connectivity index (χ2n) is 6.22. The summed E-state index contributed by atoms with van der Waals surface area (Å²) in [5.74, 6) is 0. The molecule has 0 heterocycles. The highest BCUT2D eigenvalue weighted by Crippen LogP contribution is 2.36. The Labute approximate surface area is 125 Å². The summed E-state index contributed by atoms with van der Waals surface area (Å²) in [7, 11) is 0. The van der Waals surface area contributed by atoms with Crippen molar-refractivity contribution < 1.29 is 0 Å². The molecule has 0 nitrogen and oxygen atoms in total. The fourth-order valence-electron chi connectivity index (χ4n) is 2.17. The smallest absolute Gasteiger partial charge is 0.0400 e. The van der Waals surface area contributed by atoms with E-state index in [0.29, 0.717) is 10.2 Å². The minimum Gasteiger partial charge on any atom is -0.0839 e. The van der Waals surface area contributed by atoms with Gasteiger partial charge in [-0.3, -0.25) is 0 Å². The van der Waals surface area contributed by atoms with E-state index in [1.807, 2.05) is 0 Å². The molecule has 0 aliphatic carbocycles. The lowest BCUT2D eigenvalue weighted by Crippen LogP contribution is -2.08. The van der Waals surface area contributed by atoms with E-state index in [2.05, 4.69) is 91.3 Å². The molecule has 0 amide bonds. The zero-order valence-electron chi connectivity index (χ0n) is 11.9. The van der Waals surface area contributed by atoms with E-state index >= 15 is 0 Å². The van der Waals surface area contributed by atoms with Gasteiger partial charge in [0.15, 0.2) is 0 Å². The topological polar surface area (TPSA) is 0 Å². The fourth-order valence-corrected chi connectivity index (χ4v) is 3.45. The lowest BCUT2D eigenvalue weighted by molar-refractivity contribution is 0.377. The summed E-state index contributed by atoms with van der Waals surface area (Å²) in [6.07, 6.45) is 1.14. The molecule has 1 unspecified atom stereocenters. The first-order chi connectivity index (χ1) is 8.96. The van der Waals surface area contributed by atoms with Crippen molar-refractivity contribution in [2.24, 2.45) is 5.41 Å². The third-order valence-corrected chi connectivity index (χ3v) is 4.02. The Hall–Kier alpha value is -1.08. The molecule has 19 heavy (non-hydrogen) atoms. The van der Waals surface area contributed by atoms with Gasteiger partial charge in [0.05, 0.1) is 0 Å². The van der Waals surface area contributed by atoms with Gasteiger partial charge in [-0.05, 0) is 28.5 Å². The molecule has 0 aromatic heterocycles. The van der Waals surface area contributed by atoms with E-state index < -0.39 is 0 Å². The highest BCUT2D eigenvalue weighted by molar-refractivity contribution is 9.09. The fraction of sp³-hybridized carbons (Fsp3) is 0.333. The second kappa shape index (κ2) is 5.92. The summed E-state index contributed by atoms with van der Waals surface area (Å²) in [5, 5.41) is 0. The first-order valence-electron chi connectivity index (χ1n) is 6.75. The van der Waals surface area contributed by atoms with Crippen molar-refractivity contribution in [1.82, 2.24) is 0 Å². The van der Waals surface area contributed by atoms with Crippen LogP contribution in [0.1, 0.15) is 37.6 Å². The molecule has 2 aromatic rings. The Morgan fingerprint density at radius 2 is 1.37 bits per heavy atom. The van der Waals surface area contributed by atoms with Gasteiger partial charge in [0.2, 0.25) is 0 Å². The van der Waals surface area contributed by atoms with Gasteiger partial charge in [0.1, 0.15) is 0 Å². The Kier molecular flexibility index (Phi) is 4.46. The number of rotatable bonds is 3. The number of benzene rings is 2. The average Bonchev–Trinajstić information content (AvgIpc) is 2.38. The minimum atomic E-state index is 0.340. The van der Waals surface area contributed by atoms with E-state index in [9.17, 15) is 0 Å². The normalized spacial score (nSPS) is 13.3. The monoisotopic (exact) mass is 316 g/mol. The molecule has 0 saturated carbocycles. The van der Waals surface area contributed by atoms with Crippen LogP contribution in [0.4, 0.5) is 0 Å².